The molecule has 2 saturated heterocycles. The molecular weight excluding hydrogens is 354 g/mol. The quantitative estimate of drug-likeness (QED) is 0.862. The Bertz CT molecular complexity index is 745. The zero-order valence-corrected chi connectivity index (χ0v) is 16.2. The van der Waals surface area contributed by atoms with Gasteiger partial charge in [0.2, 0.25) is 10.0 Å². The van der Waals surface area contributed by atoms with Crippen molar-refractivity contribution in [1.82, 2.24) is 14.5 Å². The van der Waals surface area contributed by atoms with Gasteiger partial charge in [-0.05, 0) is 43.2 Å². The molecule has 0 radical (unpaired) electrons. The standard InChI is InChI=1S/C18H27N3O4S/c1-19-18(22)20-9-6-14(7-10-20)15-8-11-21(13-15)26(23,24)17-5-3-4-16(12-17)25-2/h3-5,12,14-15H,6-11,13H2,1-2H3,(H,19,22)/t15-/m0/s1. The maximum Gasteiger partial charge on any atom is 0.317 e. The molecule has 1 N–H and O–H groups in total. The number of ether oxygens (including phenoxy) is 1. The minimum absolute atomic E-state index is 0.0305. The second-order valence-corrected chi connectivity index (χ2v) is 8.91. The van der Waals surface area contributed by atoms with Crippen LogP contribution < -0.4 is 10.1 Å². The van der Waals surface area contributed by atoms with Crippen LogP contribution in [0.5, 0.6) is 5.75 Å². The Labute approximate surface area is 155 Å². The predicted molar refractivity (Wildman–Crippen MR) is 98.6 cm³/mol. The topological polar surface area (TPSA) is 79.0 Å². The van der Waals surface area contributed by atoms with Crippen LogP contribution in [0.4, 0.5) is 4.79 Å². The van der Waals surface area contributed by atoms with Gasteiger partial charge in [0.25, 0.3) is 0 Å². The number of amides is 2. The normalized spacial score (nSPS) is 22.4. The van der Waals surface area contributed by atoms with E-state index in [0.717, 1.165) is 32.4 Å². The smallest absolute Gasteiger partial charge is 0.317 e. The molecule has 3 rings (SSSR count). The molecule has 0 spiro atoms. The average molecular weight is 381 g/mol. The lowest BCUT2D eigenvalue weighted by Crippen LogP contribution is -2.44. The Morgan fingerprint density at radius 3 is 2.50 bits per heavy atom. The molecule has 2 heterocycles. The average Bonchev–Trinajstić information content (AvgIpc) is 3.18. The van der Waals surface area contributed by atoms with E-state index in [0.29, 0.717) is 30.7 Å². The molecule has 1 atom stereocenters. The molecule has 2 aliphatic rings. The fourth-order valence-corrected chi connectivity index (χ4v) is 5.55. The number of sulfonamides is 1. The third-order valence-corrected chi connectivity index (χ3v) is 7.43. The second-order valence-electron chi connectivity index (χ2n) is 6.97. The van der Waals surface area contributed by atoms with Gasteiger partial charge in [-0.1, -0.05) is 6.07 Å². The third-order valence-electron chi connectivity index (χ3n) is 5.57. The van der Waals surface area contributed by atoms with E-state index in [1.54, 1.807) is 35.6 Å². The van der Waals surface area contributed by atoms with Crippen molar-refractivity contribution in [3.8, 4) is 5.75 Å². The number of nitrogens with one attached hydrogen (secondary N) is 1. The van der Waals surface area contributed by atoms with Crippen molar-refractivity contribution in [3.05, 3.63) is 24.3 Å². The minimum Gasteiger partial charge on any atom is -0.497 e. The molecule has 0 aromatic heterocycles. The molecule has 26 heavy (non-hydrogen) atoms. The Morgan fingerprint density at radius 1 is 1.15 bits per heavy atom. The van der Waals surface area contributed by atoms with Crippen LogP contribution in [0, 0.1) is 11.8 Å². The van der Waals surface area contributed by atoms with Crippen molar-refractivity contribution >= 4 is 16.1 Å². The van der Waals surface area contributed by atoms with E-state index in [9.17, 15) is 13.2 Å². The SMILES string of the molecule is CNC(=O)N1CCC([C@H]2CCN(S(=O)(=O)c3cccc(OC)c3)C2)CC1. The molecule has 7 nitrogen and oxygen atoms in total. The van der Waals surface area contributed by atoms with Crippen molar-refractivity contribution in [3.63, 3.8) is 0 Å². The van der Waals surface area contributed by atoms with Crippen LogP contribution in [-0.2, 0) is 10.0 Å². The van der Waals surface area contributed by atoms with E-state index in [1.807, 2.05) is 4.90 Å². The molecule has 2 fully saturated rings. The first-order chi connectivity index (χ1) is 12.5. The minimum atomic E-state index is -3.49. The van der Waals surface area contributed by atoms with Crippen LogP contribution in [0.2, 0.25) is 0 Å². The van der Waals surface area contributed by atoms with Gasteiger partial charge in [0.05, 0.1) is 12.0 Å². The summed E-state index contributed by atoms with van der Waals surface area (Å²) in [6.45, 7) is 2.59. The number of urea groups is 1. The highest BCUT2D eigenvalue weighted by Crippen LogP contribution is 2.34. The number of carbonyl (C=O) groups excluding carboxylic acids is 1. The maximum atomic E-state index is 12.9. The Kier molecular flexibility index (Phi) is 5.72. The van der Waals surface area contributed by atoms with Crippen LogP contribution in [0.25, 0.3) is 0 Å². The van der Waals surface area contributed by atoms with Crippen molar-refractivity contribution in [2.24, 2.45) is 11.8 Å². The van der Waals surface area contributed by atoms with E-state index in [4.69, 9.17) is 4.74 Å². The van der Waals surface area contributed by atoms with Gasteiger partial charge in [0, 0.05) is 39.3 Å². The van der Waals surface area contributed by atoms with Crippen LogP contribution in [0.1, 0.15) is 19.3 Å². The molecule has 2 aliphatic heterocycles. The van der Waals surface area contributed by atoms with E-state index < -0.39 is 10.0 Å². The molecular formula is C18H27N3O4S. The summed E-state index contributed by atoms with van der Waals surface area (Å²) in [5, 5.41) is 2.66. The van der Waals surface area contributed by atoms with Crippen molar-refractivity contribution in [2.45, 2.75) is 24.2 Å². The highest BCUT2D eigenvalue weighted by Gasteiger charge is 2.37. The summed E-state index contributed by atoms with van der Waals surface area (Å²) < 4.78 is 32.6. The van der Waals surface area contributed by atoms with E-state index in [2.05, 4.69) is 5.32 Å². The molecule has 1 aromatic carbocycles. The van der Waals surface area contributed by atoms with Gasteiger partial charge in [0.15, 0.2) is 0 Å². The van der Waals surface area contributed by atoms with Crippen molar-refractivity contribution in [2.75, 3.05) is 40.3 Å². The Balaban J connectivity index is 1.62. The Hall–Kier alpha value is -1.80. The van der Waals surface area contributed by atoms with Crippen molar-refractivity contribution < 1.29 is 17.9 Å². The van der Waals surface area contributed by atoms with Gasteiger partial charge in [-0.25, -0.2) is 13.2 Å². The highest BCUT2D eigenvalue weighted by atomic mass is 32.2. The van der Waals surface area contributed by atoms with Gasteiger partial charge >= 0.3 is 6.03 Å². The summed E-state index contributed by atoms with van der Waals surface area (Å²) in [7, 11) is -0.316. The van der Waals surface area contributed by atoms with E-state index >= 15 is 0 Å². The van der Waals surface area contributed by atoms with Gasteiger partial charge in [-0.3, -0.25) is 0 Å². The largest absolute Gasteiger partial charge is 0.497 e. The van der Waals surface area contributed by atoms with Gasteiger partial charge in [-0.15, -0.1) is 0 Å². The van der Waals surface area contributed by atoms with E-state index in [-0.39, 0.29) is 10.9 Å². The van der Waals surface area contributed by atoms with E-state index in [1.165, 1.54) is 7.11 Å². The first-order valence-electron chi connectivity index (χ1n) is 9.06. The lowest BCUT2D eigenvalue weighted by molar-refractivity contribution is 0.153. The number of rotatable bonds is 4. The van der Waals surface area contributed by atoms with Crippen LogP contribution >= 0.6 is 0 Å². The maximum absolute atomic E-state index is 12.9. The van der Waals surface area contributed by atoms with Crippen LogP contribution in [-0.4, -0.2) is 64.0 Å². The summed E-state index contributed by atoms with van der Waals surface area (Å²) in [6.07, 6.45) is 2.75. The number of carbonyl (C=O) groups is 1. The monoisotopic (exact) mass is 381 g/mol. The fourth-order valence-electron chi connectivity index (χ4n) is 4.00. The summed E-state index contributed by atoms with van der Waals surface area (Å²) in [5.41, 5.74) is 0. The molecule has 2 amide bonds. The number of piperidine rings is 1. The Morgan fingerprint density at radius 2 is 1.85 bits per heavy atom. The zero-order valence-electron chi connectivity index (χ0n) is 15.3. The summed E-state index contributed by atoms with van der Waals surface area (Å²) >= 11 is 0. The second kappa shape index (κ2) is 7.84. The zero-order chi connectivity index (χ0) is 18.7. The number of benzene rings is 1. The summed E-state index contributed by atoms with van der Waals surface area (Å²) in [6, 6.07) is 6.61. The number of hydrogen-bond acceptors (Lipinski definition) is 4. The third kappa shape index (κ3) is 3.81. The molecule has 0 saturated carbocycles. The first-order valence-corrected chi connectivity index (χ1v) is 10.5. The van der Waals surface area contributed by atoms with Gasteiger partial charge in [0.1, 0.15) is 5.75 Å². The summed E-state index contributed by atoms with van der Waals surface area (Å²) in [4.78, 5) is 13.8. The van der Waals surface area contributed by atoms with Crippen LogP contribution in [0.3, 0.4) is 0 Å². The molecule has 144 valence electrons. The number of likely N-dealkylation sites (tertiary alicyclic amines) is 1. The number of hydrogen-bond donors (Lipinski definition) is 1. The van der Waals surface area contributed by atoms with Gasteiger partial charge in [-0.2, -0.15) is 4.31 Å². The number of methoxy groups -OCH3 is 1. The lowest BCUT2D eigenvalue weighted by atomic mass is 9.84. The fraction of sp³-hybridized carbons (Fsp3) is 0.611. The lowest BCUT2D eigenvalue weighted by Gasteiger charge is -2.34. The molecule has 0 bridgehead atoms. The molecule has 0 unspecified atom stereocenters. The first kappa shape index (κ1) is 19.0. The molecule has 8 heteroatoms. The van der Waals surface area contributed by atoms with Crippen molar-refractivity contribution in [1.29, 1.82) is 0 Å². The van der Waals surface area contributed by atoms with Gasteiger partial charge < -0.3 is 15.0 Å². The predicted octanol–water partition coefficient (Wildman–Crippen LogP) is 1.76. The van der Waals surface area contributed by atoms with Crippen LogP contribution in [0.15, 0.2) is 29.2 Å². The molecule has 1 aromatic rings. The summed E-state index contributed by atoms with van der Waals surface area (Å²) in [5.74, 6) is 1.38. The number of nitrogens with zero attached hydrogens (tertiary/aromatic N) is 2. The highest BCUT2D eigenvalue weighted by molar-refractivity contribution is 7.89. The molecule has 0 aliphatic carbocycles.